The van der Waals surface area contributed by atoms with Crippen molar-refractivity contribution in [3.8, 4) is 11.5 Å². The molecule has 0 saturated heterocycles. The Bertz CT molecular complexity index is 499. The van der Waals surface area contributed by atoms with Crippen LogP contribution in [0, 0.1) is 6.92 Å². The van der Waals surface area contributed by atoms with Gasteiger partial charge in [-0.25, -0.2) is 9.97 Å². The smallest absolute Gasteiger partial charge is 0.159 e. The van der Waals surface area contributed by atoms with Gasteiger partial charge in [0.15, 0.2) is 5.82 Å². The highest BCUT2D eigenvalue weighted by atomic mass is 15.1. The zero-order chi connectivity index (χ0) is 11.7. The van der Waals surface area contributed by atoms with E-state index in [1.165, 1.54) is 0 Å². The summed E-state index contributed by atoms with van der Waals surface area (Å²) in [5.74, 6) is 1.40. The summed E-state index contributed by atoms with van der Waals surface area (Å²) in [7, 11) is 0. The van der Waals surface area contributed by atoms with Crippen molar-refractivity contribution < 1.29 is 0 Å². The van der Waals surface area contributed by atoms with Crippen LogP contribution in [-0.2, 0) is 0 Å². The summed E-state index contributed by atoms with van der Waals surface area (Å²) >= 11 is 0. The normalized spacial score (nSPS) is 11.0. The predicted octanol–water partition coefficient (Wildman–Crippen LogP) is 2.42. The molecular weight excluding hydrogens is 200 g/mol. The highest BCUT2D eigenvalue weighted by Gasteiger charge is 2.12. The summed E-state index contributed by atoms with van der Waals surface area (Å²) in [6.07, 6.45) is 1.86. The molecule has 0 radical (unpaired) electrons. The lowest BCUT2D eigenvalue weighted by Gasteiger charge is -2.13. The Balaban J connectivity index is 2.56. The predicted molar refractivity (Wildman–Crippen MR) is 65.0 cm³/mol. The average molecular weight is 216 g/mol. The van der Waals surface area contributed by atoms with Gasteiger partial charge in [0.05, 0.1) is 0 Å². The number of nitrogens with two attached hydrogens (primary N) is 1. The maximum absolute atomic E-state index is 5.68. The molecule has 0 fully saturated rings. The first-order chi connectivity index (χ1) is 7.59. The van der Waals surface area contributed by atoms with Gasteiger partial charge in [0.2, 0.25) is 0 Å². The fourth-order valence-electron chi connectivity index (χ4n) is 1.86. The monoisotopic (exact) mass is 216 g/mol. The number of aromatic nitrogens is 3. The molecule has 0 aliphatic heterocycles. The molecule has 2 heterocycles. The number of anilines is 1. The van der Waals surface area contributed by atoms with Gasteiger partial charge in [-0.2, -0.15) is 0 Å². The quantitative estimate of drug-likeness (QED) is 0.838. The summed E-state index contributed by atoms with van der Waals surface area (Å²) in [6, 6.07) is 5.96. The first-order valence-electron chi connectivity index (χ1n) is 5.36. The molecule has 0 saturated carbocycles. The third-order valence-electron chi connectivity index (χ3n) is 2.50. The second-order valence-electron chi connectivity index (χ2n) is 4.13. The molecule has 0 unspecified atom stereocenters. The zero-order valence-electron chi connectivity index (χ0n) is 9.81. The van der Waals surface area contributed by atoms with E-state index in [-0.39, 0.29) is 0 Å². The lowest BCUT2D eigenvalue weighted by molar-refractivity contribution is 0.591. The van der Waals surface area contributed by atoms with E-state index in [0.29, 0.717) is 11.9 Å². The van der Waals surface area contributed by atoms with Crippen LogP contribution < -0.4 is 5.73 Å². The van der Waals surface area contributed by atoms with Crippen molar-refractivity contribution in [2.45, 2.75) is 26.8 Å². The molecule has 2 aromatic heterocycles. The second-order valence-corrected chi connectivity index (χ2v) is 4.13. The molecule has 0 aliphatic carbocycles. The number of hydrogen-bond donors (Lipinski definition) is 1. The minimum absolute atomic E-state index is 0.362. The fraction of sp³-hybridized carbons (Fsp3) is 0.333. The number of aryl methyl sites for hydroxylation is 1. The Labute approximate surface area is 95.1 Å². The van der Waals surface area contributed by atoms with Crippen LogP contribution in [0.3, 0.4) is 0 Å². The van der Waals surface area contributed by atoms with E-state index in [0.717, 1.165) is 17.2 Å². The number of nitrogen functional groups attached to an aromatic ring is 1. The van der Waals surface area contributed by atoms with Gasteiger partial charge in [-0.05, 0) is 32.9 Å². The molecule has 4 heteroatoms. The van der Waals surface area contributed by atoms with E-state index in [1.807, 2.05) is 25.3 Å². The van der Waals surface area contributed by atoms with E-state index in [9.17, 15) is 0 Å². The van der Waals surface area contributed by atoms with Gasteiger partial charge in [-0.1, -0.05) is 6.07 Å². The molecule has 84 valence electrons. The summed E-state index contributed by atoms with van der Waals surface area (Å²) in [6.45, 7) is 6.30. The number of nitrogens with zero attached hydrogens (tertiary/aromatic N) is 3. The Morgan fingerprint density at radius 3 is 2.69 bits per heavy atom. The van der Waals surface area contributed by atoms with Gasteiger partial charge in [0.25, 0.3) is 0 Å². The lowest BCUT2D eigenvalue weighted by atomic mass is 10.3. The SMILES string of the molecule is Cc1cnc(-c2cccc(N)n2)n1C(C)C. The number of pyridine rings is 1. The molecule has 0 spiro atoms. The van der Waals surface area contributed by atoms with Gasteiger partial charge < -0.3 is 10.3 Å². The Morgan fingerprint density at radius 2 is 2.06 bits per heavy atom. The molecular formula is C12H16N4. The number of hydrogen-bond acceptors (Lipinski definition) is 3. The van der Waals surface area contributed by atoms with Crippen LogP contribution in [0.5, 0.6) is 0 Å². The third-order valence-corrected chi connectivity index (χ3v) is 2.50. The van der Waals surface area contributed by atoms with Crippen LogP contribution in [0.4, 0.5) is 5.82 Å². The van der Waals surface area contributed by atoms with Crippen molar-refractivity contribution >= 4 is 5.82 Å². The minimum Gasteiger partial charge on any atom is -0.384 e. The maximum Gasteiger partial charge on any atom is 0.159 e. The standard InChI is InChI=1S/C12H16N4/c1-8(2)16-9(3)7-14-12(16)10-5-4-6-11(13)15-10/h4-8H,1-3H3,(H2,13,15). The van der Waals surface area contributed by atoms with E-state index in [2.05, 4.69) is 28.4 Å². The average Bonchev–Trinajstić information content (AvgIpc) is 2.60. The second kappa shape index (κ2) is 3.96. The van der Waals surface area contributed by atoms with Crippen molar-refractivity contribution in [3.05, 3.63) is 30.1 Å². The highest BCUT2D eigenvalue weighted by Crippen LogP contribution is 2.22. The van der Waals surface area contributed by atoms with Gasteiger partial charge in [-0.3, -0.25) is 0 Å². The van der Waals surface area contributed by atoms with Crippen molar-refractivity contribution in [2.75, 3.05) is 5.73 Å². The highest BCUT2D eigenvalue weighted by molar-refractivity contribution is 5.53. The molecule has 0 aliphatic rings. The molecule has 0 amide bonds. The molecule has 2 rings (SSSR count). The van der Waals surface area contributed by atoms with E-state index < -0.39 is 0 Å². The van der Waals surface area contributed by atoms with Crippen LogP contribution in [-0.4, -0.2) is 14.5 Å². The summed E-state index contributed by atoms with van der Waals surface area (Å²) < 4.78 is 2.15. The van der Waals surface area contributed by atoms with Crippen LogP contribution in [0.15, 0.2) is 24.4 Å². The minimum atomic E-state index is 0.362. The van der Waals surface area contributed by atoms with Gasteiger partial charge >= 0.3 is 0 Å². The molecule has 2 aromatic rings. The summed E-state index contributed by atoms with van der Waals surface area (Å²) in [5.41, 5.74) is 7.64. The van der Waals surface area contributed by atoms with Gasteiger partial charge in [-0.15, -0.1) is 0 Å². The summed E-state index contributed by atoms with van der Waals surface area (Å²) in [5, 5.41) is 0. The molecule has 2 N–H and O–H groups in total. The molecule has 0 bridgehead atoms. The van der Waals surface area contributed by atoms with Crippen LogP contribution in [0.1, 0.15) is 25.6 Å². The first-order valence-corrected chi connectivity index (χ1v) is 5.36. The van der Waals surface area contributed by atoms with E-state index in [4.69, 9.17) is 5.73 Å². The topological polar surface area (TPSA) is 56.7 Å². The van der Waals surface area contributed by atoms with Crippen molar-refractivity contribution in [3.63, 3.8) is 0 Å². The third kappa shape index (κ3) is 1.78. The molecule has 0 atom stereocenters. The van der Waals surface area contributed by atoms with Gasteiger partial charge in [0.1, 0.15) is 11.5 Å². The van der Waals surface area contributed by atoms with Gasteiger partial charge in [0, 0.05) is 17.9 Å². The van der Waals surface area contributed by atoms with E-state index in [1.54, 1.807) is 6.07 Å². The zero-order valence-corrected chi connectivity index (χ0v) is 9.81. The van der Waals surface area contributed by atoms with E-state index >= 15 is 0 Å². The largest absolute Gasteiger partial charge is 0.384 e. The number of imidazole rings is 1. The Morgan fingerprint density at radius 1 is 1.31 bits per heavy atom. The number of rotatable bonds is 2. The van der Waals surface area contributed by atoms with Crippen molar-refractivity contribution in [2.24, 2.45) is 0 Å². The first kappa shape index (κ1) is 10.7. The molecule has 16 heavy (non-hydrogen) atoms. The van der Waals surface area contributed by atoms with Crippen LogP contribution in [0.2, 0.25) is 0 Å². The maximum atomic E-state index is 5.68. The fourth-order valence-corrected chi connectivity index (χ4v) is 1.86. The van der Waals surface area contributed by atoms with Crippen LogP contribution >= 0.6 is 0 Å². The summed E-state index contributed by atoms with van der Waals surface area (Å²) in [4.78, 5) is 8.69. The lowest BCUT2D eigenvalue weighted by Crippen LogP contribution is -2.06. The van der Waals surface area contributed by atoms with Crippen LogP contribution in [0.25, 0.3) is 11.5 Å². The molecule has 0 aromatic carbocycles. The van der Waals surface area contributed by atoms with Crippen molar-refractivity contribution in [1.29, 1.82) is 0 Å². The Kier molecular flexibility index (Phi) is 2.64. The Hall–Kier alpha value is -1.84. The van der Waals surface area contributed by atoms with Crippen molar-refractivity contribution in [1.82, 2.24) is 14.5 Å². The molecule has 4 nitrogen and oxygen atoms in total.